The van der Waals surface area contributed by atoms with E-state index < -0.39 is 12.1 Å². The maximum Gasteiger partial charge on any atom is 0.303 e. The lowest BCUT2D eigenvalue weighted by Crippen LogP contribution is -2.26. The first-order chi connectivity index (χ1) is 13.6. The van der Waals surface area contributed by atoms with Gasteiger partial charge < -0.3 is 14.9 Å². The van der Waals surface area contributed by atoms with E-state index in [4.69, 9.17) is 9.84 Å². The molecule has 2 aliphatic heterocycles. The van der Waals surface area contributed by atoms with Crippen molar-refractivity contribution in [3.8, 4) is 0 Å². The number of unbranched alkanes of at least 4 members (excludes halogenated alkanes) is 1. The first-order valence-corrected chi connectivity index (χ1v) is 10.5. The van der Waals surface area contributed by atoms with Crippen molar-refractivity contribution in [2.75, 3.05) is 0 Å². The van der Waals surface area contributed by atoms with Crippen molar-refractivity contribution in [3.63, 3.8) is 0 Å². The van der Waals surface area contributed by atoms with E-state index in [1.807, 2.05) is 24.3 Å². The summed E-state index contributed by atoms with van der Waals surface area (Å²) in [4.78, 5) is 10.6. The standard InChI is InChI=1S/C24H32O4/c1-17(18-9-5-4-6-10-18)21(25)14-13-20-19(22-15-16-23(20)28-22)11-7-2-3-8-12-24(26)27/h2,4-7,9-10,13-14,17,19-23,25H,3,8,11-12,15-16H2,1H3,(H,26,27)/b7-2-,14-13+/t17-,19+,20-,21-,22-,23+/m0/s1. The highest BCUT2D eigenvalue weighted by Gasteiger charge is 2.46. The number of aliphatic hydroxyl groups excluding tert-OH is 1. The lowest BCUT2D eigenvalue weighted by atomic mass is 9.77. The zero-order valence-corrected chi connectivity index (χ0v) is 16.6. The molecule has 0 spiro atoms. The van der Waals surface area contributed by atoms with Crippen LogP contribution in [-0.4, -0.2) is 34.5 Å². The van der Waals surface area contributed by atoms with Gasteiger partial charge in [0.1, 0.15) is 0 Å². The zero-order chi connectivity index (χ0) is 19.9. The van der Waals surface area contributed by atoms with Gasteiger partial charge in [0, 0.05) is 18.3 Å². The Morgan fingerprint density at radius 2 is 1.96 bits per heavy atom. The Bertz CT molecular complexity index is 681. The van der Waals surface area contributed by atoms with Crippen molar-refractivity contribution in [2.24, 2.45) is 11.8 Å². The molecule has 4 nitrogen and oxygen atoms in total. The van der Waals surface area contributed by atoms with Crippen molar-refractivity contribution < 1.29 is 19.7 Å². The summed E-state index contributed by atoms with van der Waals surface area (Å²) in [6, 6.07) is 10.1. The number of carboxylic acids is 1. The summed E-state index contributed by atoms with van der Waals surface area (Å²) < 4.78 is 6.14. The van der Waals surface area contributed by atoms with E-state index in [-0.39, 0.29) is 18.4 Å². The van der Waals surface area contributed by atoms with E-state index in [0.29, 0.717) is 24.4 Å². The molecule has 2 N–H and O–H groups in total. The predicted molar refractivity (Wildman–Crippen MR) is 110 cm³/mol. The molecule has 2 fully saturated rings. The molecule has 0 amide bonds. The van der Waals surface area contributed by atoms with Crippen molar-refractivity contribution in [2.45, 2.75) is 69.7 Å². The fourth-order valence-electron chi connectivity index (χ4n) is 4.49. The third-order valence-corrected chi connectivity index (χ3v) is 6.19. The minimum atomic E-state index is -0.733. The van der Waals surface area contributed by atoms with Gasteiger partial charge in [-0.2, -0.15) is 0 Å². The second-order valence-corrected chi connectivity index (χ2v) is 8.10. The van der Waals surface area contributed by atoms with Gasteiger partial charge in [-0.1, -0.05) is 61.6 Å². The SMILES string of the molecule is C[C@@H](c1ccccc1)[C@@H](O)/C=C/[C@H]1[C@@H](C/C=C\CCCC(=O)O)[C@@H]2CC[C@H]1O2. The highest BCUT2D eigenvalue weighted by molar-refractivity contribution is 5.66. The van der Waals surface area contributed by atoms with Gasteiger partial charge in [0.2, 0.25) is 0 Å². The lowest BCUT2D eigenvalue weighted by molar-refractivity contribution is -0.137. The van der Waals surface area contributed by atoms with Crippen LogP contribution in [0.5, 0.6) is 0 Å². The minimum Gasteiger partial charge on any atom is -0.481 e. The van der Waals surface area contributed by atoms with E-state index in [2.05, 4.69) is 37.3 Å². The molecule has 0 aliphatic carbocycles. The number of ether oxygens (including phenoxy) is 1. The fourth-order valence-corrected chi connectivity index (χ4v) is 4.49. The van der Waals surface area contributed by atoms with Crippen molar-refractivity contribution in [3.05, 3.63) is 60.2 Å². The van der Waals surface area contributed by atoms with E-state index in [1.54, 1.807) is 0 Å². The molecule has 2 bridgehead atoms. The number of carboxylic acid groups (broad SMARTS) is 1. The van der Waals surface area contributed by atoms with Crippen LogP contribution in [0, 0.1) is 11.8 Å². The van der Waals surface area contributed by atoms with Gasteiger partial charge in [-0.05, 0) is 43.6 Å². The van der Waals surface area contributed by atoms with Crippen LogP contribution in [0.2, 0.25) is 0 Å². The lowest BCUT2D eigenvalue weighted by Gasteiger charge is -2.25. The second kappa shape index (κ2) is 10.0. The van der Waals surface area contributed by atoms with Crippen LogP contribution in [0.1, 0.15) is 56.9 Å². The van der Waals surface area contributed by atoms with Crippen LogP contribution in [0.3, 0.4) is 0 Å². The first-order valence-electron chi connectivity index (χ1n) is 10.5. The molecule has 2 aliphatic rings. The molecule has 0 saturated carbocycles. The molecule has 1 aromatic rings. The number of aliphatic hydroxyl groups is 1. The quantitative estimate of drug-likeness (QED) is 0.453. The smallest absolute Gasteiger partial charge is 0.303 e. The van der Waals surface area contributed by atoms with E-state index in [0.717, 1.165) is 31.2 Å². The number of rotatable bonds is 10. The Morgan fingerprint density at radius 1 is 1.21 bits per heavy atom. The van der Waals surface area contributed by atoms with Crippen LogP contribution in [0.15, 0.2) is 54.6 Å². The summed E-state index contributed by atoms with van der Waals surface area (Å²) in [5.74, 6) is 0.123. The largest absolute Gasteiger partial charge is 0.481 e. The monoisotopic (exact) mass is 384 g/mol. The summed E-state index contributed by atoms with van der Waals surface area (Å²) in [6.07, 6.45) is 13.4. The molecule has 4 heteroatoms. The van der Waals surface area contributed by atoms with Crippen LogP contribution in [0.25, 0.3) is 0 Å². The molecular weight excluding hydrogens is 352 g/mol. The molecule has 28 heavy (non-hydrogen) atoms. The summed E-state index contributed by atoms with van der Waals surface area (Å²) in [6.45, 7) is 2.05. The van der Waals surface area contributed by atoms with E-state index >= 15 is 0 Å². The Morgan fingerprint density at radius 3 is 2.71 bits per heavy atom. The number of benzene rings is 1. The normalized spacial score (nSPS) is 28.9. The number of hydrogen-bond acceptors (Lipinski definition) is 3. The van der Waals surface area contributed by atoms with Gasteiger partial charge in [-0.25, -0.2) is 0 Å². The first kappa shape index (κ1) is 20.8. The third-order valence-electron chi connectivity index (χ3n) is 6.19. The van der Waals surface area contributed by atoms with Crippen LogP contribution in [0.4, 0.5) is 0 Å². The number of hydrogen-bond donors (Lipinski definition) is 2. The molecule has 3 rings (SSSR count). The predicted octanol–water partition coefficient (Wildman–Crippen LogP) is 4.70. The molecule has 2 heterocycles. The molecule has 1 aromatic carbocycles. The summed E-state index contributed by atoms with van der Waals surface area (Å²) in [7, 11) is 0. The van der Waals surface area contributed by atoms with Crippen LogP contribution >= 0.6 is 0 Å². The molecule has 0 aromatic heterocycles. The highest BCUT2D eigenvalue weighted by Crippen LogP contribution is 2.46. The third kappa shape index (κ3) is 5.33. The average Bonchev–Trinajstić information content (AvgIpc) is 3.30. The maximum absolute atomic E-state index is 10.6. The van der Waals surface area contributed by atoms with E-state index in [9.17, 15) is 9.90 Å². The molecule has 6 atom stereocenters. The second-order valence-electron chi connectivity index (χ2n) is 8.10. The molecular formula is C24H32O4. The van der Waals surface area contributed by atoms with Crippen molar-refractivity contribution in [1.82, 2.24) is 0 Å². The Hall–Kier alpha value is -1.91. The van der Waals surface area contributed by atoms with E-state index in [1.165, 1.54) is 0 Å². The highest BCUT2D eigenvalue weighted by atomic mass is 16.5. The Labute approximate surface area is 167 Å². The Balaban J connectivity index is 1.54. The van der Waals surface area contributed by atoms with Crippen molar-refractivity contribution in [1.29, 1.82) is 0 Å². The number of carbonyl (C=O) groups is 1. The molecule has 2 saturated heterocycles. The van der Waals surface area contributed by atoms with Crippen LogP contribution < -0.4 is 0 Å². The fraction of sp³-hybridized carbons (Fsp3) is 0.542. The van der Waals surface area contributed by atoms with Gasteiger partial charge in [0.05, 0.1) is 18.3 Å². The summed E-state index contributed by atoms with van der Waals surface area (Å²) in [5.41, 5.74) is 1.14. The molecule has 152 valence electrons. The number of aliphatic carboxylic acids is 1. The topological polar surface area (TPSA) is 66.8 Å². The number of allylic oxidation sites excluding steroid dienone is 2. The van der Waals surface area contributed by atoms with Crippen molar-refractivity contribution >= 4 is 5.97 Å². The summed E-state index contributed by atoms with van der Waals surface area (Å²) >= 11 is 0. The summed E-state index contributed by atoms with van der Waals surface area (Å²) in [5, 5.41) is 19.3. The maximum atomic E-state index is 10.6. The van der Waals surface area contributed by atoms with Gasteiger partial charge in [-0.15, -0.1) is 0 Å². The number of fused-ring (bicyclic) bond motifs is 2. The Kier molecular flexibility index (Phi) is 7.46. The average molecular weight is 385 g/mol. The molecule has 0 unspecified atom stereocenters. The van der Waals surface area contributed by atoms with Gasteiger partial charge in [0.15, 0.2) is 0 Å². The van der Waals surface area contributed by atoms with Crippen LogP contribution in [-0.2, 0) is 9.53 Å². The van der Waals surface area contributed by atoms with Gasteiger partial charge in [0.25, 0.3) is 0 Å². The van der Waals surface area contributed by atoms with Gasteiger partial charge >= 0.3 is 5.97 Å². The zero-order valence-electron chi connectivity index (χ0n) is 16.6. The molecule has 0 radical (unpaired) electrons. The minimum absolute atomic E-state index is 0.0598. The van der Waals surface area contributed by atoms with Gasteiger partial charge in [-0.3, -0.25) is 4.79 Å².